The molecular formula is C27H38O5. The van der Waals surface area contributed by atoms with Crippen molar-refractivity contribution in [2.75, 3.05) is 0 Å². The fourth-order valence-corrected chi connectivity index (χ4v) is 4.01. The predicted octanol–water partition coefficient (Wildman–Crippen LogP) is 6.60. The summed E-state index contributed by atoms with van der Waals surface area (Å²) in [4.78, 5) is 24.8. The summed E-state index contributed by atoms with van der Waals surface area (Å²) < 4.78 is 11.7. The fourth-order valence-electron chi connectivity index (χ4n) is 4.01. The highest BCUT2D eigenvalue weighted by Gasteiger charge is 2.42. The molecule has 32 heavy (non-hydrogen) atoms. The van der Waals surface area contributed by atoms with Gasteiger partial charge >= 0.3 is 5.97 Å². The Balaban J connectivity index is 2.44. The molecule has 1 atom stereocenters. The summed E-state index contributed by atoms with van der Waals surface area (Å²) in [5.41, 5.74) is 4.17. The van der Waals surface area contributed by atoms with Crippen molar-refractivity contribution in [3.63, 3.8) is 0 Å². The van der Waals surface area contributed by atoms with E-state index in [1.807, 2.05) is 0 Å². The SMILES string of the molecule is CCCCCc1cc(O)c(C/C=C(\C)CCC=C(C)C)c2c1C(=O)OC(C)(CC(C)=O)O2. The van der Waals surface area contributed by atoms with Gasteiger partial charge < -0.3 is 14.6 Å². The van der Waals surface area contributed by atoms with E-state index in [0.717, 1.165) is 37.7 Å². The first-order valence-corrected chi connectivity index (χ1v) is 11.6. The lowest BCUT2D eigenvalue weighted by atomic mass is 9.93. The van der Waals surface area contributed by atoms with Gasteiger partial charge in [0.05, 0.1) is 6.42 Å². The molecule has 0 spiro atoms. The van der Waals surface area contributed by atoms with E-state index in [2.05, 4.69) is 39.8 Å². The highest BCUT2D eigenvalue weighted by molar-refractivity contribution is 5.97. The third-order valence-corrected chi connectivity index (χ3v) is 5.64. The Bertz CT molecular complexity index is 905. The minimum absolute atomic E-state index is 0.0456. The lowest BCUT2D eigenvalue weighted by molar-refractivity contribution is -0.155. The molecule has 1 unspecified atom stereocenters. The lowest BCUT2D eigenvalue weighted by Gasteiger charge is -2.36. The van der Waals surface area contributed by atoms with Crippen LogP contribution in [0.15, 0.2) is 29.4 Å². The first kappa shape index (κ1) is 25.7. The molecule has 1 aliphatic heterocycles. The van der Waals surface area contributed by atoms with Gasteiger partial charge in [0, 0.05) is 12.5 Å². The van der Waals surface area contributed by atoms with Gasteiger partial charge in [-0.15, -0.1) is 0 Å². The van der Waals surface area contributed by atoms with Crippen LogP contribution in [-0.4, -0.2) is 22.6 Å². The van der Waals surface area contributed by atoms with E-state index in [-0.39, 0.29) is 18.0 Å². The number of rotatable bonds is 11. The molecule has 1 aromatic carbocycles. The summed E-state index contributed by atoms with van der Waals surface area (Å²) in [5, 5.41) is 10.9. The van der Waals surface area contributed by atoms with E-state index in [1.54, 1.807) is 13.0 Å². The molecule has 1 aromatic rings. The molecule has 0 radical (unpaired) electrons. The minimum Gasteiger partial charge on any atom is -0.508 e. The topological polar surface area (TPSA) is 72.8 Å². The zero-order valence-corrected chi connectivity index (χ0v) is 20.5. The Kier molecular flexibility index (Phi) is 9.11. The molecule has 0 aliphatic carbocycles. The molecule has 0 fully saturated rings. The summed E-state index contributed by atoms with van der Waals surface area (Å²) in [6, 6.07) is 1.68. The van der Waals surface area contributed by atoms with E-state index in [4.69, 9.17) is 9.47 Å². The van der Waals surface area contributed by atoms with Crippen LogP contribution in [0, 0.1) is 0 Å². The molecule has 0 saturated heterocycles. The first-order valence-electron chi connectivity index (χ1n) is 11.6. The lowest BCUT2D eigenvalue weighted by Crippen LogP contribution is -2.44. The number of ketones is 1. The Morgan fingerprint density at radius 2 is 1.84 bits per heavy atom. The maximum atomic E-state index is 13.0. The quantitative estimate of drug-likeness (QED) is 0.237. The number of aromatic hydroxyl groups is 1. The zero-order valence-electron chi connectivity index (χ0n) is 20.5. The van der Waals surface area contributed by atoms with Crippen LogP contribution in [0.2, 0.25) is 0 Å². The number of allylic oxidation sites excluding steroid dienone is 4. The first-order chi connectivity index (χ1) is 15.1. The number of Topliss-reactive ketones (excluding diaryl/α,β-unsaturated/α-hetero) is 1. The van der Waals surface area contributed by atoms with Gasteiger partial charge in [-0.05, 0) is 71.4 Å². The number of esters is 1. The van der Waals surface area contributed by atoms with Crippen molar-refractivity contribution in [1.82, 2.24) is 0 Å². The van der Waals surface area contributed by atoms with Gasteiger partial charge in [-0.3, -0.25) is 4.79 Å². The maximum absolute atomic E-state index is 13.0. The number of carbonyl (C=O) groups excluding carboxylic acids is 2. The number of ether oxygens (including phenoxy) is 2. The smallest absolute Gasteiger partial charge is 0.345 e. The number of phenolic OH excluding ortho intramolecular Hbond substituents is 1. The van der Waals surface area contributed by atoms with E-state index in [0.29, 0.717) is 29.7 Å². The summed E-state index contributed by atoms with van der Waals surface area (Å²) >= 11 is 0. The second kappa shape index (κ2) is 11.3. The molecule has 1 N–H and O–H groups in total. The van der Waals surface area contributed by atoms with Gasteiger partial charge in [-0.25, -0.2) is 4.79 Å². The van der Waals surface area contributed by atoms with Crippen LogP contribution in [0.1, 0.15) is 102 Å². The average molecular weight is 443 g/mol. The van der Waals surface area contributed by atoms with Gasteiger partial charge in [0.15, 0.2) is 0 Å². The predicted molar refractivity (Wildman–Crippen MR) is 127 cm³/mol. The Morgan fingerprint density at radius 3 is 2.47 bits per heavy atom. The number of benzene rings is 1. The molecule has 0 bridgehead atoms. The van der Waals surface area contributed by atoms with Gasteiger partial charge in [-0.1, -0.05) is 43.1 Å². The van der Waals surface area contributed by atoms with Crippen LogP contribution in [0.5, 0.6) is 11.5 Å². The average Bonchev–Trinajstić information content (AvgIpc) is 2.65. The summed E-state index contributed by atoms with van der Waals surface area (Å²) in [6.07, 6.45) is 10.2. The van der Waals surface area contributed by atoms with Crippen molar-refractivity contribution in [2.45, 2.75) is 98.7 Å². The van der Waals surface area contributed by atoms with Gasteiger partial charge in [0.2, 0.25) is 0 Å². The highest BCUT2D eigenvalue weighted by Crippen LogP contribution is 2.43. The number of aryl methyl sites for hydroxylation is 1. The molecule has 176 valence electrons. The van der Waals surface area contributed by atoms with E-state index < -0.39 is 11.8 Å². The van der Waals surface area contributed by atoms with Crippen LogP contribution < -0.4 is 4.74 Å². The monoisotopic (exact) mass is 442 g/mol. The molecule has 0 aromatic heterocycles. The van der Waals surface area contributed by atoms with Crippen molar-refractivity contribution in [3.05, 3.63) is 46.1 Å². The Hall–Kier alpha value is -2.56. The number of cyclic esters (lactones) is 1. The molecule has 0 saturated carbocycles. The van der Waals surface area contributed by atoms with Crippen LogP contribution >= 0.6 is 0 Å². The Morgan fingerprint density at radius 1 is 1.12 bits per heavy atom. The van der Waals surface area contributed by atoms with Crippen LogP contribution in [0.25, 0.3) is 0 Å². The molecule has 2 rings (SSSR count). The number of hydrogen-bond acceptors (Lipinski definition) is 5. The maximum Gasteiger partial charge on any atom is 0.345 e. The third kappa shape index (κ3) is 6.98. The van der Waals surface area contributed by atoms with Crippen molar-refractivity contribution >= 4 is 11.8 Å². The van der Waals surface area contributed by atoms with Crippen LogP contribution in [0.4, 0.5) is 0 Å². The van der Waals surface area contributed by atoms with E-state index in [1.165, 1.54) is 18.1 Å². The van der Waals surface area contributed by atoms with E-state index >= 15 is 0 Å². The van der Waals surface area contributed by atoms with Crippen molar-refractivity contribution in [1.29, 1.82) is 0 Å². The van der Waals surface area contributed by atoms with Crippen LogP contribution in [0.3, 0.4) is 0 Å². The number of fused-ring (bicyclic) bond motifs is 1. The van der Waals surface area contributed by atoms with E-state index in [9.17, 15) is 14.7 Å². The van der Waals surface area contributed by atoms with Gasteiger partial charge in [0.1, 0.15) is 22.8 Å². The van der Waals surface area contributed by atoms with Crippen molar-refractivity contribution < 1.29 is 24.2 Å². The Labute approximate surface area is 192 Å². The second-order valence-corrected chi connectivity index (χ2v) is 9.27. The van der Waals surface area contributed by atoms with Gasteiger partial charge in [0.25, 0.3) is 5.79 Å². The van der Waals surface area contributed by atoms with Crippen molar-refractivity contribution in [2.24, 2.45) is 0 Å². The summed E-state index contributed by atoms with van der Waals surface area (Å²) in [6.45, 7) is 11.4. The molecule has 0 amide bonds. The molecule has 5 heteroatoms. The normalized spacial score (nSPS) is 17.9. The standard InChI is InChI=1S/C27H38O5/c1-7-8-9-13-21-16-23(29)22(15-14-19(4)12-10-11-18(2)3)25-24(21)26(30)32-27(6,31-25)17-20(5)28/h11,14,16,29H,7-10,12-13,15,17H2,1-6H3/b19-14+. The number of carbonyl (C=O) groups is 2. The van der Waals surface area contributed by atoms with Gasteiger partial charge in [-0.2, -0.15) is 0 Å². The van der Waals surface area contributed by atoms with Crippen LogP contribution in [-0.2, 0) is 22.4 Å². The summed E-state index contributed by atoms with van der Waals surface area (Å²) in [7, 11) is 0. The van der Waals surface area contributed by atoms with Crippen molar-refractivity contribution in [3.8, 4) is 11.5 Å². The third-order valence-electron chi connectivity index (χ3n) is 5.64. The fraction of sp³-hybridized carbons (Fsp3) is 0.556. The minimum atomic E-state index is -1.37. The summed E-state index contributed by atoms with van der Waals surface area (Å²) in [5.74, 6) is -1.54. The zero-order chi connectivity index (χ0) is 23.9. The second-order valence-electron chi connectivity index (χ2n) is 9.27. The number of hydrogen-bond donors (Lipinski definition) is 1. The molecule has 1 heterocycles. The molecule has 5 nitrogen and oxygen atoms in total. The largest absolute Gasteiger partial charge is 0.508 e. The highest BCUT2D eigenvalue weighted by atomic mass is 16.7. The number of phenols is 1. The molecular weight excluding hydrogens is 404 g/mol. The molecule has 1 aliphatic rings. The number of unbranched alkanes of at least 4 members (excludes halogenated alkanes) is 2.